The van der Waals surface area contributed by atoms with E-state index in [1.807, 2.05) is 6.92 Å². The van der Waals surface area contributed by atoms with E-state index in [2.05, 4.69) is 4.98 Å². The van der Waals surface area contributed by atoms with Gasteiger partial charge >= 0.3 is 0 Å². The molecule has 2 aromatic rings. The smallest absolute Gasteiger partial charge is 0.262 e. The molecule has 3 rings (SSSR count). The van der Waals surface area contributed by atoms with Gasteiger partial charge in [-0.1, -0.05) is 25.3 Å². The van der Waals surface area contributed by atoms with Gasteiger partial charge in [0.1, 0.15) is 11.8 Å². The van der Waals surface area contributed by atoms with E-state index in [9.17, 15) is 18.4 Å². The van der Waals surface area contributed by atoms with Gasteiger partial charge in [-0.25, -0.2) is 13.9 Å². The van der Waals surface area contributed by atoms with Crippen LogP contribution in [0, 0.1) is 12.8 Å². The summed E-state index contributed by atoms with van der Waals surface area (Å²) < 4.78 is 33.8. The molecule has 168 valence electrons. The van der Waals surface area contributed by atoms with E-state index < -0.39 is 22.0 Å². The van der Waals surface area contributed by atoms with Crippen molar-refractivity contribution in [1.82, 2.24) is 14.8 Å². The lowest BCUT2D eigenvalue weighted by atomic mass is 9.83. The first-order valence-electron chi connectivity index (χ1n) is 10.4. The van der Waals surface area contributed by atoms with Crippen molar-refractivity contribution in [3.8, 4) is 5.75 Å². The fourth-order valence-electron chi connectivity index (χ4n) is 4.08. The minimum Gasteiger partial charge on any atom is -0.497 e. The lowest BCUT2D eigenvalue weighted by molar-refractivity contribution is -0.135. The van der Waals surface area contributed by atoms with E-state index in [4.69, 9.17) is 4.74 Å². The fraction of sp³-hybridized carbons (Fsp3) is 0.455. The van der Waals surface area contributed by atoms with E-state index in [0.717, 1.165) is 37.8 Å². The average molecular weight is 448 g/mol. The molecule has 1 atom stereocenters. The molecule has 2 N–H and O–H groups in total. The maximum absolute atomic E-state index is 13.7. The van der Waals surface area contributed by atoms with E-state index >= 15 is 0 Å². The Labute approximate surface area is 183 Å². The number of nitrogens with one attached hydrogen (secondary N) is 1. The first kappa shape index (κ1) is 23.2. The number of amides is 1. The maximum atomic E-state index is 13.7. The second kappa shape index (κ2) is 10.2. The topological polar surface area (TPSA) is 109 Å². The molecule has 0 bridgehead atoms. The molecular weight excluding hydrogens is 418 g/mol. The summed E-state index contributed by atoms with van der Waals surface area (Å²) >= 11 is 0. The third-order valence-corrected chi connectivity index (χ3v) is 7.60. The standard InChI is InChI=1S/C22H29N3O5S/c1-16-8-9-17(14-23-16)15-25(21(22(26)24-27)18-6-4-3-5-7-18)31(28,29)20-12-10-19(30-2)11-13-20/h8-14,18,21,27H,3-7,15H2,1-2H3,(H,24,26). The number of hydrogen-bond donors (Lipinski definition) is 2. The third-order valence-electron chi connectivity index (χ3n) is 5.76. The quantitative estimate of drug-likeness (QED) is 0.476. The largest absolute Gasteiger partial charge is 0.497 e. The normalized spacial score (nSPS) is 16.1. The monoisotopic (exact) mass is 447 g/mol. The van der Waals surface area contributed by atoms with Crippen LogP contribution in [0.1, 0.15) is 43.4 Å². The molecular formula is C22H29N3O5S. The zero-order valence-electron chi connectivity index (χ0n) is 17.8. The molecule has 0 saturated heterocycles. The summed E-state index contributed by atoms with van der Waals surface area (Å²) in [6.07, 6.45) is 5.94. The number of ether oxygens (including phenoxy) is 1. The Morgan fingerprint density at radius 3 is 2.42 bits per heavy atom. The molecule has 1 aliphatic carbocycles. The first-order chi connectivity index (χ1) is 14.9. The van der Waals surface area contributed by atoms with Crippen molar-refractivity contribution in [2.24, 2.45) is 5.92 Å². The van der Waals surface area contributed by atoms with Crippen LogP contribution in [0.5, 0.6) is 5.75 Å². The highest BCUT2D eigenvalue weighted by molar-refractivity contribution is 7.89. The van der Waals surface area contributed by atoms with Crippen molar-refractivity contribution in [2.45, 2.75) is 56.5 Å². The zero-order chi connectivity index (χ0) is 22.4. The van der Waals surface area contributed by atoms with Gasteiger partial charge in [0.15, 0.2) is 0 Å². The molecule has 1 aromatic carbocycles. The van der Waals surface area contributed by atoms with Crippen molar-refractivity contribution >= 4 is 15.9 Å². The highest BCUT2D eigenvalue weighted by Crippen LogP contribution is 2.33. The van der Waals surface area contributed by atoms with Crippen LogP contribution in [0.3, 0.4) is 0 Å². The summed E-state index contributed by atoms with van der Waals surface area (Å²) in [5.41, 5.74) is 3.17. The van der Waals surface area contributed by atoms with Gasteiger partial charge in [0.05, 0.1) is 12.0 Å². The number of benzene rings is 1. The van der Waals surface area contributed by atoms with Crippen LogP contribution in [0.4, 0.5) is 0 Å². The van der Waals surface area contributed by atoms with Crippen LogP contribution in [-0.4, -0.2) is 42.0 Å². The van der Waals surface area contributed by atoms with Gasteiger partial charge in [-0.05, 0) is 61.6 Å². The highest BCUT2D eigenvalue weighted by Gasteiger charge is 2.41. The van der Waals surface area contributed by atoms with Crippen molar-refractivity contribution < 1.29 is 23.2 Å². The Kier molecular flexibility index (Phi) is 7.64. The average Bonchev–Trinajstić information content (AvgIpc) is 2.80. The number of rotatable bonds is 8. The van der Waals surface area contributed by atoms with Gasteiger partial charge in [0.25, 0.3) is 5.91 Å². The van der Waals surface area contributed by atoms with Crippen molar-refractivity contribution in [3.63, 3.8) is 0 Å². The molecule has 1 unspecified atom stereocenters. The summed E-state index contributed by atoms with van der Waals surface area (Å²) in [5, 5.41) is 9.44. The lowest BCUT2D eigenvalue weighted by Crippen LogP contribution is -2.52. The summed E-state index contributed by atoms with van der Waals surface area (Å²) in [5.74, 6) is -0.374. The number of methoxy groups -OCH3 is 1. The first-order valence-corrected chi connectivity index (χ1v) is 11.8. The Morgan fingerprint density at radius 2 is 1.87 bits per heavy atom. The van der Waals surface area contributed by atoms with Crippen LogP contribution in [0.2, 0.25) is 0 Å². The Morgan fingerprint density at radius 1 is 1.19 bits per heavy atom. The van der Waals surface area contributed by atoms with Gasteiger partial charge in [-0.3, -0.25) is 15.0 Å². The molecule has 1 heterocycles. The van der Waals surface area contributed by atoms with Crippen LogP contribution in [0.25, 0.3) is 0 Å². The SMILES string of the molecule is COc1ccc(S(=O)(=O)N(Cc2ccc(C)nc2)C(C(=O)NO)C2CCCCC2)cc1. The number of hydroxylamine groups is 1. The fourth-order valence-corrected chi connectivity index (χ4v) is 5.72. The van der Waals surface area contributed by atoms with E-state index in [0.29, 0.717) is 11.3 Å². The maximum Gasteiger partial charge on any atom is 0.262 e. The summed E-state index contributed by atoms with van der Waals surface area (Å²) in [4.78, 5) is 17.1. The van der Waals surface area contributed by atoms with Crippen LogP contribution in [-0.2, 0) is 21.4 Å². The van der Waals surface area contributed by atoms with Crippen molar-refractivity contribution in [2.75, 3.05) is 7.11 Å². The van der Waals surface area contributed by atoms with Gasteiger partial charge in [-0.15, -0.1) is 0 Å². The van der Waals surface area contributed by atoms with E-state index in [1.54, 1.807) is 35.9 Å². The number of aromatic nitrogens is 1. The number of carbonyl (C=O) groups excluding carboxylic acids is 1. The second-order valence-electron chi connectivity index (χ2n) is 7.85. The van der Waals surface area contributed by atoms with Gasteiger partial charge < -0.3 is 4.74 Å². The van der Waals surface area contributed by atoms with E-state index in [1.165, 1.54) is 23.5 Å². The molecule has 9 heteroatoms. The Balaban J connectivity index is 2.06. The molecule has 31 heavy (non-hydrogen) atoms. The molecule has 0 radical (unpaired) electrons. The third kappa shape index (κ3) is 5.41. The Hall–Kier alpha value is -2.49. The molecule has 1 fully saturated rings. The number of nitrogens with zero attached hydrogens (tertiary/aromatic N) is 2. The van der Waals surface area contributed by atoms with Gasteiger partial charge in [0.2, 0.25) is 10.0 Å². The van der Waals surface area contributed by atoms with Gasteiger partial charge in [-0.2, -0.15) is 4.31 Å². The molecule has 0 spiro atoms. The minimum absolute atomic E-state index is 0.0315. The van der Waals surface area contributed by atoms with Crippen molar-refractivity contribution in [3.05, 3.63) is 53.9 Å². The van der Waals surface area contributed by atoms with Crippen LogP contribution in [0.15, 0.2) is 47.5 Å². The number of sulfonamides is 1. The summed E-state index contributed by atoms with van der Waals surface area (Å²) in [6, 6.07) is 8.63. The second-order valence-corrected chi connectivity index (χ2v) is 9.74. The molecule has 0 aliphatic heterocycles. The van der Waals surface area contributed by atoms with Crippen molar-refractivity contribution in [1.29, 1.82) is 0 Å². The molecule has 1 saturated carbocycles. The Bertz CT molecular complexity index is 971. The van der Waals surface area contributed by atoms with Crippen LogP contribution < -0.4 is 10.2 Å². The number of pyridine rings is 1. The number of aryl methyl sites for hydroxylation is 1. The molecule has 8 nitrogen and oxygen atoms in total. The summed E-state index contributed by atoms with van der Waals surface area (Å²) in [7, 11) is -2.56. The van der Waals surface area contributed by atoms with Gasteiger partial charge in [0, 0.05) is 18.4 Å². The molecule has 1 amide bonds. The van der Waals surface area contributed by atoms with Crippen LogP contribution >= 0.6 is 0 Å². The minimum atomic E-state index is -4.06. The number of carbonyl (C=O) groups is 1. The predicted molar refractivity (Wildman–Crippen MR) is 115 cm³/mol. The molecule has 1 aromatic heterocycles. The lowest BCUT2D eigenvalue weighted by Gasteiger charge is -2.36. The number of hydrogen-bond acceptors (Lipinski definition) is 6. The predicted octanol–water partition coefficient (Wildman–Crippen LogP) is 3.04. The zero-order valence-corrected chi connectivity index (χ0v) is 18.6. The van der Waals surface area contributed by atoms with E-state index in [-0.39, 0.29) is 17.4 Å². The molecule has 1 aliphatic rings. The highest BCUT2D eigenvalue weighted by atomic mass is 32.2. The summed E-state index contributed by atoms with van der Waals surface area (Å²) in [6.45, 7) is 1.82.